The van der Waals surface area contributed by atoms with Crippen LogP contribution in [0, 0.1) is 0 Å². The Morgan fingerprint density at radius 3 is 3.05 bits per heavy atom. The molecule has 20 heavy (non-hydrogen) atoms. The molecule has 2 rings (SSSR count). The number of carboxylic acid groups (broad SMARTS) is 1. The summed E-state index contributed by atoms with van der Waals surface area (Å²) in [4.78, 5) is 10.8. The topological polar surface area (TPSA) is 87.4 Å². The molecule has 1 aliphatic heterocycles. The van der Waals surface area contributed by atoms with Crippen LogP contribution in [-0.2, 0) is 11.2 Å². The molecule has 1 aliphatic rings. The van der Waals surface area contributed by atoms with E-state index in [-0.39, 0.29) is 6.04 Å². The van der Waals surface area contributed by atoms with Crippen molar-refractivity contribution in [1.82, 2.24) is 10.6 Å². The quantitative estimate of drug-likeness (QED) is 0.653. The van der Waals surface area contributed by atoms with Crippen molar-refractivity contribution in [1.29, 1.82) is 0 Å². The Morgan fingerprint density at radius 2 is 2.40 bits per heavy atom. The van der Waals surface area contributed by atoms with Crippen molar-refractivity contribution in [2.45, 2.75) is 24.9 Å². The molecule has 0 aromatic heterocycles. The minimum absolute atomic E-state index is 0.0917. The molecular formula is C14H18ClN3O2. The largest absolute Gasteiger partial charge is 0.480 e. The van der Waals surface area contributed by atoms with Gasteiger partial charge in [0.05, 0.1) is 0 Å². The van der Waals surface area contributed by atoms with Gasteiger partial charge in [-0.2, -0.15) is 0 Å². The number of allylic oxidation sites excluding steroid dienone is 1. The number of hydrogen-bond donors (Lipinski definition) is 4. The van der Waals surface area contributed by atoms with Crippen molar-refractivity contribution >= 4 is 17.6 Å². The summed E-state index contributed by atoms with van der Waals surface area (Å²) in [5, 5.41) is 15.7. The average Bonchev–Trinajstić information content (AvgIpc) is 2.85. The zero-order chi connectivity index (χ0) is 14.5. The number of nitrogens with one attached hydrogen (secondary N) is 2. The van der Waals surface area contributed by atoms with Gasteiger partial charge >= 0.3 is 5.97 Å². The maximum atomic E-state index is 10.8. The number of aliphatic carboxylic acids is 1. The van der Waals surface area contributed by atoms with Gasteiger partial charge in [0.15, 0.2) is 0 Å². The van der Waals surface area contributed by atoms with E-state index in [9.17, 15) is 4.79 Å². The Kier molecular flexibility index (Phi) is 4.87. The van der Waals surface area contributed by atoms with Gasteiger partial charge in [0.2, 0.25) is 0 Å². The summed E-state index contributed by atoms with van der Waals surface area (Å²) >= 11 is 5.91. The number of carbonyl (C=O) groups is 1. The Morgan fingerprint density at radius 1 is 1.60 bits per heavy atom. The summed E-state index contributed by atoms with van der Waals surface area (Å²) < 4.78 is 0. The van der Waals surface area contributed by atoms with Gasteiger partial charge in [-0.15, -0.1) is 0 Å². The van der Waals surface area contributed by atoms with E-state index < -0.39 is 12.0 Å². The van der Waals surface area contributed by atoms with Crippen LogP contribution in [-0.4, -0.2) is 29.7 Å². The van der Waals surface area contributed by atoms with Gasteiger partial charge in [0, 0.05) is 35.9 Å². The first-order valence-corrected chi connectivity index (χ1v) is 6.83. The molecule has 0 saturated carbocycles. The van der Waals surface area contributed by atoms with Crippen LogP contribution in [0.15, 0.2) is 36.2 Å². The van der Waals surface area contributed by atoms with Gasteiger partial charge in [-0.3, -0.25) is 4.79 Å². The highest BCUT2D eigenvalue weighted by molar-refractivity contribution is 6.30. The zero-order valence-electron chi connectivity index (χ0n) is 11.0. The molecule has 6 heteroatoms. The van der Waals surface area contributed by atoms with Crippen LogP contribution in [0.25, 0.3) is 0 Å². The first kappa shape index (κ1) is 14.7. The Labute approximate surface area is 122 Å². The van der Waals surface area contributed by atoms with Gasteiger partial charge in [0.25, 0.3) is 0 Å². The fourth-order valence-electron chi connectivity index (χ4n) is 2.21. The highest BCUT2D eigenvalue weighted by Crippen LogP contribution is 2.13. The average molecular weight is 296 g/mol. The normalized spacial score (nSPS) is 22.8. The van der Waals surface area contributed by atoms with Crippen LogP contribution < -0.4 is 16.4 Å². The van der Waals surface area contributed by atoms with E-state index in [0.29, 0.717) is 30.1 Å². The number of benzene rings is 1. The van der Waals surface area contributed by atoms with Crippen molar-refractivity contribution in [3.63, 3.8) is 0 Å². The van der Waals surface area contributed by atoms with Gasteiger partial charge in [0.1, 0.15) is 6.04 Å². The third-order valence-electron chi connectivity index (χ3n) is 3.23. The second-order valence-electron chi connectivity index (χ2n) is 4.92. The number of rotatable bonds is 5. The molecule has 2 atom stereocenters. The number of nitrogens with two attached hydrogens (primary N) is 1. The molecular weight excluding hydrogens is 278 g/mol. The summed E-state index contributed by atoms with van der Waals surface area (Å²) in [5.74, 6) is -0.815. The van der Waals surface area contributed by atoms with Crippen LogP contribution in [0.5, 0.6) is 0 Å². The fourth-order valence-corrected chi connectivity index (χ4v) is 2.42. The minimum atomic E-state index is -0.815. The van der Waals surface area contributed by atoms with Crippen LogP contribution in [0.4, 0.5) is 0 Å². The summed E-state index contributed by atoms with van der Waals surface area (Å²) in [6.07, 6.45) is 2.91. The third kappa shape index (κ3) is 4.15. The lowest BCUT2D eigenvalue weighted by atomic mass is 10.1. The van der Waals surface area contributed by atoms with E-state index in [1.54, 1.807) is 6.20 Å². The lowest BCUT2D eigenvalue weighted by Gasteiger charge is -2.10. The second-order valence-corrected chi connectivity index (χ2v) is 5.36. The van der Waals surface area contributed by atoms with Crippen LogP contribution in [0.3, 0.4) is 0 Å². The van der Waals surface area contributed by atoms with E-state index in [0.717, 1.165) is 5.56 Å². The molecule has 1 unspecified atom stereocenters. The predicted octanol–water partition coefficient (Wildman–Crippen LogP) is 1.09. The standard InChI is InChI=1S/C14H18ClN3O2/c15-10-3-1-2-9(4-10)5-11(16)7-17-12-6-13(14(19)20)18-8-12/h1-4,7,12-13,17-18H,5-6,8,16H2,(H,19,20)/b11-7-/t12?,13-/m0/s1. The number of carboxylic acids is 1. The Hall–Kier alpha value is -1.72. The molecule has 1 fully saturated rings. The first-order valence-electron chi connectivity index (χ1n) is 6.46. The molecule has 0 aliphatic carbocycles. The number of hydrogen-bond acceptors (Lipinski definition) is 4. The summed E-state index contributed by atoms with van der Waals surface area (Å²) in [7, 11) is 0. The van der Waals surface area contributed by atoms with Crippen molar-refractivity contribution in [3.05, 3.63) is 46.7 Å². The molecule has 1 saturated heterocycles. The molecule has 5 nitrogen and oxygen atoms in total. The monoisotopic (exact) mass is 295 g/mol. The third-order valence-corrected chi connectivity index (χ3v) is 3.47. The number of halogens is 1. The second kappa shape index (κ2) is 6.63. The van der Waals surface area contributed by atoms with Crippen molar-refractivity contribution in [2.75, 3.05) is 6.54 Å². The summed E-state index contributed by atoms with van der Waals surface area (Å²) in [6, 6.07) is 7.16. The van der Waals surface area contributed by atoms with Crippen LogP contribution in [0.2, 0.25) is 5.02 Å². The van der Waals surface area contributed by atoms with Crippen LogP contribution in [0.1, 0.15) is 12.0 Å². The van der Waals surface area contributed by atoms with Gasteiger partial charge in [-0.25, -0.2) is 0 Å². The van der Waals surface area contributed by atoms with E-state index >= 15 is 0 Å². The van der Waals surface area contributed by atoms with Crippen LogP contribution >= 0.6 is 11.6 Å². The van der Waals surface area contributed by atoms with Crippen molar-refractivity contribution in [2.24, 2.45) is 5.73 Å². The Bertz CT molecular complexity index is 519. The highest BCUT2D eigenvalue weighted by Gasteiger charge is 2.28. The van der Waals surface area contributed by atoms with E-state index in [1.165, 1.54) is 0 Å². The molecule has 1 aromatic carbocycles. The van der Waals surface area contributed by atoms with E-state index in [1.807, 2.05) is 24.3 Å². The van der Waals surface area contributed by atoms with Crippen molar-refractivity contribution in [3.8, 4) is 0 Å². The van der Waals surface area contributed by atoms with Gasteiger partial charge in [-0.05, 0) is 24.1 Å². The predicted molar refractivity (Wildman–Crippen MR) is 78.4 cm³/mol. The Balaban J connectivity index is 1.84. The lowest BCUT2D eigenvalue weighted by Crippen LogP contribution is -2.30. The van der Waals surface area contributed by atoms with E-state index in [4.69, 9.17) is 22.4 Å². The molecule has 0 spiro atoms. The maximum Gasteiger partial charge on any atom is 0.320 e. The molecule has 0 radical (unpaired) electrons. The first-order chi connectivity index (χ1) is 9.54. The molecule has 1 aromatic rings. The summed E-state index contributed by atoms with van der Waals surface area (Å²) in [5.41, 5.74) is 7.68. The highest BCUT2D eigenvalue weighted by atomic mass is 35.5. The minimum Gasteiger partial charge on any atom is -0.480 e. The molecule has 0 bridgehead atoms. The SMILES string of the molecule is N/C(=C\NC1CN[C@H](C(=O)O)C1)Cc1cccc(Cl)c1. The van der Waals surface area contributed by atoms with Gasteiger partial charge < -0.3 is 21.5 Å². The van der Waals surface area contributed by atoms with Crippen molar-refractivity contribution < 1.29 is 9.90 Å². The molecule has 0 amide bonds. The zero-order valence-corrected chi connectivity index (χ0v) is 11.7. The summed E-state index contributed by atoms with van der Waals surface area (Å²) in [6.45, 7) is 0.623. The van der Waals surface area contributed by atoms with E-state index in [2.05, 4.69) is 10.6 Å². The van der Waals surface area contributed by atoms with Gasteiger partial charge in [-0.1, -0.05) is 23.7 Å². The fraction of sp³-hybridized carbons (Fsp3) is 0.357. The molecule has 1 heterocycles. The molecule has 5 N–H and O–H groups in total. The lowest BCUT2D eigenvalue weighted by molar-refractivity contribution is -0.139. The smallest absolute Gasteiger partial charge is 0.320 e. The molecule has 108 valence electrons. The maximum absolute atomic E-state index is 10.8.